The number of nitrogens with zero attached hydrogens (tertiary/aromatic N) is 3. The van der Waals surface area contributed by atoms with Crippen LogP contribution in [0.5, 0.6) is 0 Å². The molecule has 0 aliphatic carbocycles. The number of nitriles is 1. The van der Waals surface area contributed by atoms with E-state index in [1.165, 1.54) is 24.7 Å². The van der Waals surface area contributed by atoms with Gasteiger partial charge in [-0.3, -0.25) is 19.4 Å². The van der Waals surface area contributed by atoms with E-state index < -0.39 is 42.4 Å². The van der Waals surface area contributed by atoms with Crippen molar-refractivity contribution in [2.24, 2.45) is 0 Å². The van der Waals surface area contributed by atoms with Crippen LogP contribution in [0.4, 0.5) is 0 Å². The number of rotatable bonds is 12. The molecule has 0 fully saturated rings. The number of amides is 3. The van der Waals surface area contributed by atoms with E-state index in [1.54, 1.807) is 30.3 Å². The Kier molecular flexibility index (Phi) is 11.7. The molecule has 0 saturated heterocycles. The van der Waals surface area contributed by atoms with Crippen LogP contribution in [0, 0.1) is 11.3 Å². The summed E-state index contributed by atoms with van der Waals surface area (Å²) >= 11 is 0. The monoisotopic (exact) mass is 582 g/mol. The molecule has 2 atom stereocenters. The molecule has 0 bridgehead atoms. The highest BCUT2D eigenvalue weighted by atomic mass is 16.4. The van der Waals surface area contributed by atoms with Crippen LogP contribution in [0.15, 0.2) is 78.8 Å². The van der Waals surface area contributed by atoms with E-state index in [0.29, 0.717) is 12.0 Å². The normalized spacial score (nSPS) is 12.8. The lowest BCUT2D eigenvalue weighted by molar-refractivity contribution is -0.123. The summed E-state index contributed by atoms with van der Waals surface area (Å²) in [6.45, 7) is 5.46. The lowest BCUT2D eigenvalue weighted by Gasteiger charge is -2.23. The predicted octanol–water partition coefficient (Wildman–Crippen LogP) is 1.77. The van der Waals surface area contributed by atoms with E-state index in [2.05, 4.69) is 25.9 Å². The van der Waals surface area contributed by atoms with E-state index in [4.69, 9.17) is 0 Å². The van der Waals surface area contributed by atoms with Gasteiger partial charge in [0.1, 0.15) is 23.4 Å². The summed E-state index contributed by atoms with van der Waals surface area (Å²) in [5, 5.41) is 37.6. The molecular weight excluding hydrogens is 547 g/mol. The summed E-state index contributed by atoms with van der Waals surface area (Å²) in [5.41, 5.74) is 1.66. The topological polar surface area (TPSA) is 177 Å². The third-order valence-electron chi connectivity index (χ3n) is 6.24. The summed E-state index contributed by atoms with van der Waals surface area (Å²) < 4.78 is 0. The van der Waals surface area contributed by atoms with Gasteiger partial charge in [-0.15, -0.1) is 0 Å². The first-order chi connectivity index (χ1) is 20.4. The van der Waals surface area contributed by atoms with Crippen molar-refractivity contribution in [1.29, 1.82) is 5.26 Å². The van der Waals surface area contributed by atoms with Crippen LogP contribution < -0.4 is 16.0 Å². The Morgan fingerprint density at radius 2 is 1.74 bits per heavy atom. The van der Waals surface area contributed by atoms with Crippen LogP contribution in [0.25, 0.3) is 6.08 Å². The van der Waals surface area contributed by atoms with Crippen LogP contribution in [0.3, 0.4) is 0 Å². The Morgan fingerprint density at radius 1 is 1.02 bits per heavy atom. The third-order valence-corrected chi connectivity index (χ3v) is 6.24. The predicted molar refractivity (Wildman–Crippen MR) is 162 cm³/mol. The maximum absolute atomic E-state index is 13.4. The molecule has 0 spiro atoms. The van der Waals surface area contributed by atoms with Crippen LogP contribution in [0.1, 0.15) is 54.4 Å². The van der Waals surface area contributed by atoms with Gasteiger partial charge in [-0.2, -0.15) is 5.26 Å². The zero-order valence-electron chi connectivity index (χ0n) is 24.3. The summed E-state index contributed by atoms with van der Waals surface area (Å²) in [4.78, 5) is 46.7. The number of carbonyl (C=O) groups is 3. The molecular formula is C31H35BN6O5. The average Bonchev–Trinajstić information content (AvgIpc) is 2.97. The SMILES string of the molecule is CC(C)(C)NC(=O)C(C#N)=Cc1cccc(CCC(NC(=O)c2cnccn2)C(=O)NC(Cc2ccccc2)B(O)O)c1. The first-order valence-electron chi connectivity index (χ1n) is 13.8. The summed E-state index contributed by atoms with van der Waals surface area (Å²) in [5.74, 6) is -2.73. The molecule has 11 nitrogen and oxygen atoms in total. The molecule has 222 valence electrons. The molecule has 0 saturated carbocycles. The van der Waals surface area contributed by atoms with Crippen LogP contribution in [-0.4, -0.2) is 62.4 Å². The lowest BCUT2D eigenvalue weighted by Crippen LogP contribution is -2.54. The zero-order valence-corrected chi connectivity index (χ0v) is 24.3. The lowest BCUT2D eigenvalue weighted by atomic mass is 9.75. The second-order valence-electron chi connectivity index (χ2n) is 11.0. The second-order valence-corrected chi connectivity index (χ2v) is 11.0. The Balaban J connectivity index is 1.79. The van der Waals surface area contributed by atoms with E-state index in [9.17, 15) is 29.7 Å². The van der Waals surface area contributed by atoms with Gasteiger partial charge in [-0.1, -0.05) is 54.6 Å². The number of aromatic nitrogens is 2. The fourth-order valence-electron chi connectivity index (χ4n) is 4.17. The van der Waals surface area contributed by atoms with Crippen molar-refractivity contribution in [1.82, 2.24) is 25.9 Å². The van der Waals surface area contributed by atoms with E-state index >= 15 is 0 Å². The van der Waals surface area contributed by atoms with E-state index in [-0.39, 0.29) is 24.1 Å². The molecule has 2 unspecified atom stereocenters. The number of hydrogen-bond acceptors (Lipinski definition) is 8. The van der Waals surface area contributed by atoms with Crippen molar-refractivity contribution in [2.75, 3.05) is 0 Å². The quantitative estimate of drug-likeness (QED) is 0.122. The highest BCUT2D eigenvalue weighted by molar-refractivity contribution is 6.43. The Bertz CT molecular complexity index is 1470. The molecule has 12 heteroatoms. The number of nitrogens with one attached hydrogen (secondary N) is 3. The van der Waals surface area contributed by atoms with Crippen molar-refractivity contribution >= 4 is 30.9 Å². The molecule has 2 aromatic carbocycles. The van der Waals surface area contributed by atoms with Crippen molar-refractivity contribution in [3.05, 3.63) is 101 Å². The highest BCUT2D eigenvalue weighted by Gasteiger charge is 2.30. The Hall–Kier alpha value is -4.86. The summed E-state index contributed by atoms with van der Waals surface area (Å²) in [6, 6.07) is 17.1. The van der Waals surface area contributed by atoms with E-state index in [1.807, 2.05) is 51.1 Å². The minimum Gasteiger partial charge on any atom is -0.426 e. The first-order valence-corrected chi connectivity index (χ1v) is 13.8. The minimum atomic E-state index is -1.84. The molecule has 3 rings (SSSR count). The van der Waals surface area contributed by atoms with Gasteiger partial charge in [-0.25, -0.2) is 4.98 Å². The molecule has 0 aliphatic heterocycles. The minimum absolute atomic E-state index is 0.0213. The van der Waals surface area contributed by atoms with Crippen molar-refractivity contribution in [3.8, 4) is 6.07 Å². The fraction of sp³-hybridized carbons (Fsp3) is 0.290. The molecule has 0 aliphatic rings. The Labute approximate surface area is 251 Å². The van der Waals surface area contributed by atoms with Crippen LogP contribution >= 0.6 is 0 Å². The zero-order chi connectivity index (χ0) is 31.4. The van der Waals surface area contributed by atoms with Gasteiger partial charge in [-0.05, 0) is 62.8 Å². The second kappa shape index (κ2) is 15.4. The van der Waals surface area contributed by atoms with Gasteiger partial charge >= 0.3 is 7.12 Å². The van der Waals surface area contributed by atoms with Gasteiger partial charge in [0.05, 0.1) is 12.1 Å². The molecule has 3 aromatic rings. The van der Waals surface area contributed by atoms with Crippen molar-refractivity contribution in [2.45, 2.75) is 57.6 Å². The number of aryl methyl sites for hydroxylation is 1. The van der Waals surface area contributed by atoms with Crippen molar-refractivity contribution in [3.63, 3.8) is 0 Å². The van der Waals surface area contributed by atoms with Gasteiger partial charge in [0, 0.05) is 17.9 Å². The largest absolute Gasteiger partial charge is 0.475 e. The molecule has 0 radical (unpaired) electrons. The van der Waals surface area contributed by atoms with Crippen LogP contribution in [0.2, 0.25) is 0 Å². The maximum Gasteiger partial charge on any atom is 0.475 e. The molecule has 1 aromatic heterocycles. The number of benzene rings is 2. The van der Waals surface area contributed by atoms with Gasteiger partial charge in [0.25, 0.3) is 11.8 Å². The molecule has 3 amide bonds. The fourth-order valence-corrected chi connectivity index (χ4v) is 4.17. The summed E-state index contributed by atoms with van der Waals surface area (Å²) in [7, 11) is -1.84. The molecule has 43 heavy (non-hydrogen) atoms. The van der Waals surface area contributed by atoms with Gasteiger partial charge < -0.3 is 26.0 Å². The third kappa shape index (κ3) is 10.8. The first kappa shape index (κ1) is 32.7. The van der Waals surface area contributed by atoms with E-state index in [0.717, 1.165) is 11.1 Å². The Morgan fingerprint density at radius 3 is 2.37 bits per heavy atom. The van der Waals surface area contributed by atoms with Crippen molar-refractivity contribution < 1.29 is 24.4 Å². The smallest absolute Gasteiger partial charge is 0.426 e. The molecule has 1 heterocycles. The van der Waals surface area contributed by atoms with Gasteiger partial charge in [0.15, 0.2) is 0 Å². The maximum atomic E-state index is 13.4. The van der Waals surface area contributed by atoms with Gasteiger partial charge in [0.2, 0.25) is 5.91 Å². The summed E-state index contributed by atoms with van der Waals surface area (Å²) in [6.07, 6.45) is 6.19. The number of hydrogen-bond donors (Lipinski definition) is 5. The standard InChI is InChI=1S/C31H35BN6O5/c1-31(2,3)38-28(39)24(19-33)17-23-11-7-10-22(16-23)12-13-25(36-30(41)26-20-34-14-15-35-26)29(40)37-27(32(42)43)18-21-8-5-4-6-9-21/h4-11,14-17,20,25,27,42-43H,12-13,18H2,1-3H3,(H,36,41)(H,37,40)(H,38,39). The number of carbonyl (C=O) groups excluding carboxylic acids is 3. The molecule has 5 N–H and O–H groups in total. The van der Waals surface area contributed by atoms with Crippen LogP contribution in [-0.2, 0) is 22.4 Å². The highest BCUT2D eigenvalue weighted by Crippen LogP contribution is 2.14. The average molecular weight is 582 g/mol.